The van der Waals surface area contributed by atoms with Crippen molar-refractivity contribution < 1.29 is 30.3 Å². The molecule has 0 radical (unpaired) electrons. The Balaban J connectivity index is 0.00000625. The Morgan fingerprint density at radius 1 is 0.631 bits per heavy atom. The summed E-state index contributed by atoms with van der Waals surface area (Å²) in [4.78, 5) is 10.5. The van der Waals surface area contributed by atoms with Crippen LogP contribution in [-0.2, 0) is 26.5 Å². The molecule has 0 spiro atoms. The summed E-state index contributed by atoms with van der Waals surface area (Å²) in [6, 6.07) is 54.8. The van der Waals surface area contributed by atoms with E-state index in [1.807, 2.05) is 91.1 Å². The quantitative estimate of drug-likeness (QED) is 0.147. The molecule has 328 valence electrons. The van der Waals surface area contributed by atoms with Gasteiger partial charge in [-0.3, -0.25) is 9.55 Å². The van der Waals surface area contributed by atoms with E-state index in [0.29, 0.717) is 22.5 Å². The van der Waals surface area contributed by atoms with Crippen molar-refractivity contribution >= 4 is 11.0 Å². The van der Waals surface area contributed by atoms with Crippen LogP contribution in [0.3, 0.4) is 0 Å². The maximum atomic E-state index is 12.4. The second kappa shape index (κ2) is 18.3. The van der Waals surface area contributed by atoms with Crippen molar-refractivity contribution in [2.75, 3.05) is 0 Å². The maximum Gasteiger partial charge on any atom is 0.148 e. The summed E-state index contributed by atoms with van der Waals surface area (Å²) in [6.45, 7) is 14.8. The van der Waals surface area contributed by atoms with E-state index in [2.05, 4.69) is 133 Å². The summed E-state index contributed by atoms with van der Waals surface area (Å²) in [7, 11) is 0. The first-order valence-electron chi connectivity index (χ1n) is 23.8. The van der Waals surface area contributed by atoms with Crippen LogP contribution in [0.2, 0.25) is 0 Å². The number of aromatic hydroxyl groups is 1. The van der Waals surface area contributed by atoms with E-state index in [1.54, 1.807) is 0 Å². The third kappa shape index (κ3) is 8.90. The molecule has 5 heteroatoms. The second-order valence-corrected chi connectivity index (χ2v) is 18.6. The van der Waals surface area contributed by atoms with E-state index in [-0.39, 0.29) is 49.6 Å². The number of para-hydroxylation sites is 1. The summed E-state index contributed by atoms with van der Waals surface area (Å²) in [6.07, 6.45) is 1.87. The molecule has 1 N–H and O–H groups in total. The molecule has 7 aromatic carbocycles. The van der Waals surface area contributed by atoms with Gasteiger partial charge in [0.05, 0.1) is 22.3 Å². The summed E-state index contributed by atoms with van der Waals surface area (Å²) in [5.41, 5.74) is 15.7. The standard InChI is InChI=1S/C60H56N3O.Pt/c1-37(2)45-33-50(38(3)4)58(64)53(34-45)59-62-57-49(46-30-47(32-48(31-46)60(7,8)9)54-35-44(27-28-61-54)41-25-23-39(5)24-26-41)21-16-22-55(57)63(59)56-36-51(42-17-12-10-13-18-42)40(6)29-52(56)43-19-14-11-15-20-43;/h10-29,31-38,64H,1-9H3;/q-1;/i6D3;. The van der Waals surface area contributed by atoms with E-state index < -0.39 is 6.85 Å². The molecule has 2 aromatic heterocycles. The topological polar surface area (TPSA) is 50.9 Å². The van der Waals surface area contributed by atoms with Gasteiger partial charge in [-0.05, 0) is 106 Å². The van der Waals surface area contributed by atoms with Gasteiger partial charge in [0.1, 0.15) is 11.6 Å². The second-order valence-electron chi connectivity index (χ2n) is 18.6. The van der Waals surface area contributed by atoms with Crippen molar-refractivity contribution in [3.8, 4) is 78.6 Å². The van der Waals surface area contributed by atoms with Gasteiger partial charge in [0.2, 0.25) is 0 Å². The number of nitrogens with zero attached hydrogens (tertiary/aromatic N) is 3. The minimum Gasteiger partial charge on any atom is -0.507 e. The van der Waals surface area contributed by atoms with Gasteiger partial charge in [-0.15, -0.1) is 29.3 Å². The van der Waals surface area contributed by atoms with Gasteiger partial charge >= 0.3 is 0 Å². The van der Waals surface area contributed by atoms with Gasteiger partial charge in [-0.2, -0.15) is 0 Å². The summed E-state index contributed by atoms with van der Waals surface area (Å²) < 4.78 is 28.6. The fourth-order valence-electron chi connectivity index (χ4n) is 8.63. The van der Waals surface area contributed by atoms with Crippen molar-refractivity contribution in [2.24, 2.45) is 0 Å². The first-order valence-corrected chi connectivity index (χ1v) is 22.3. The number of aromatic nitrogens is 3. The smallest absolute Gasteiger partial charge is 0.148 e. The van der Waals surface area contributed by atoms with Crippen molar-refractivity contribution in [1.29, 1.82) is 0 Å². The Bertz CT molecular complexity index is 3280. The number of aryl methyl sites for hydroxylation is 2. The van der Waals surface area contributed by atoms with Gasteiger partial charge in [0.15, 0.2) is 0 Å². The van der Waals surface area contributed by atoms with Crippen molar-refractivity contribution in [2.45, 2.75) is 79.5 Å². The van der Waals surface area contributed by atoms with Crippen LogP contribution in [0, 0.1) is 19.8 Å². The minimum absolute atomic E-state index is 0. The number of imidazole rings is 1. The van der Waals surface area contributed by atoms with Crippen LogP contribution in [0.5, 0.6) is 5.75 Å². The van der Waals surface area contributed by atoms with Gasteiger partial charge in [-0.25, -0.2) is 4.98 Å². The van der Waals surface area contributed by atoms with Crippen LogP contribution < -0.4 is 0 Å². The average molecular weight is 1030 g/mol. The fraction of sp³-hybridized carbons (Fsp3) is 0.200. The first kappa shape index (κ1) is 41.4. The van der Waals surface area contributed by atoms with Gasteiger partial charge in [0.25, 0.3) is 0 Å². The normalized spacial score (nSPS) is 12.6. The Kier molecular flexibility index (Phi) is 11.6. The third-order valence-electron chi connectivity index (χ3n) is 12.4. The van der Waals surface area contributed by atoms with Crippen LogP contribution in [0.1, 0.15) is 92.2 Å². The summed E-state index contributed by atoms with van der Waals surface area (Å²) in [5.74, 6) is 0.908. The zero-order valence-corrected chi connectivity index (χ0v) is 40.5. The summed E-state index contributed by atoms with van der Waals surface area (Å²) >= 11 is 0. The molecule has 0 saturated carbocycles. The SMILES string of the molecule is [2H]C([2H])([2H])c1cc(-c2ccccc2)c(-n2c(-c3cc(C(C)C)cc(C(C)C)c3O)nc3c(-c4[c-]c(-c5cc(-c6ccc(C)cc6)ccn5)cc(C(C)(C)C)c4)cccc32)cc1-c1ccccc1.[Pt]. The first-order chi connectivity index (χ1) is 32.0. The zero-order valence-electron chi connectivity index (χ0n) is 41.3. The predicted octanol–water partition coefficient (Wildman–Crippen LogP) is 16.1. The van der Waals surface area contributed by atoms with Crippen LogP contribution >= 0.6 is 0 Å². The molecule has 2 heterocycles. The molecule has 9 aromatic rings. The molecule has 0 saturated heterocycles. The monoisotopic (exact) mass is 1030 g/mol. The molecular formula is C60H56N3OPt-. The molecule has 9 rings (SSSR count). The van der Waals surface area contributed by atoms with Crippen molar-refractivity contribution in [3.63, 3.8) is 0 Å². The number of phenols is 1. The largest absolute Gasteiger partial charge is 0.507 e. The Labute approximate surface area is 403 Å². The van der Waals surface area contributed by atoms with Crippen LogP contribution in [0.4, 0.5) is 0 Å². The van der Waals surface area contributed by atoms with Crippen molar-refractivity contribution in [3.05, 3.63) is 192 Å². The fourth-order valence-corrected chi connectivity index (χ4v) is 8.63. The third-order valence-corrected chi connectivity index (χ3v) is 12.4. The number of phenolic OH excluding ortho intramolecular Hbond substituents is 1. The van der Waals surface area contributed by atoms with E-state index in [9.17, 15) is 5.11 Å². The van der Waals surface area contributed by atoms with Gasteiger partial charge < -0.3 is 5.11 Å². The molecule has 0 fully saturated rings. The molecule has 0 amide bonds. The Hall–Kier alpha value is -6.35. The molecule has 0 bridgehead atoms. The molecule has 0 unspecified atom stereocenters. The Morgan fingerprint density at radius 3 is 1.95 bits per heavy atom. The number of hydrogen-bond acceptors (Lipinski definition) is 3. The molecule has 0 aliphatic heterocycles. The predicted molar refractivity (Wildman–Crippen MR) is 268 cm³/mol. The van der Waals surface area contributed by atoms with Crippen LogP contribution in [0.25, 0.3) is 83.9 Å². The van der Waals surface area contributed by atoms with E-state index in [0.717, 1.165) is 78.1 Å². The van der Waals surface area contributed by atoms with Crippen LogP contribution in [0.15, 0.2) is 158 Å². The zero-order chi connectivity index (χ0) is 47.4. The van der Waals surface area contributed by atoms with E-state index in [1.165, 1.54) is 5.56 Å². The molecule has 0 aliphatic carbocycles. The molecule has 0 aliphatic rings. The number of pyridine rings is 1. The van der Waals surface area contributed by atoms with E-state index >= 15 is 0 Å². The van der Waals surface area contributed by atoms with Gasteiger partial charge in [-0.1, -0.05) is 174 Å². The maximum absolute atomic E-state index is 12.4. The van der Waals surface area contributed by atoms with Crippen LogP contribution in [-0.4, -0.2) is 19.6 Å². The number of benzene rings is 7. The number of hydrogen-bond donors (Lipinski definition) is 1. The molecule has 65 heavy (non-hydrogen) atoms. The summed E-state index contributed by atoms with van der Waals surface area (Å²) in [5, 5.41) is 12.4. The molecule has 0 atom stereocenters. The van der Waals surface area contributed by atoms with Gasteiger partial charge in [0, 0.05) is 42.6 Å². The number of rotatable bonds is 9. The van der Waals surface area contributed by atoms with E-state index in [4.69, 9.17) is 14.1 Å². The number of fused-ring (bicyclic) bond motifs is 1. The minimum atomic E-state index is -2.42. The van der Waals surface area contributed by atoms with Crippen molar-refractivity contribution in [1.82, 2.24) is 14.5 Å². The molecule has 4 nitrogen and oxygen atoms in total. The Morgan fingerprint density at radius 2 is 1.31 bits per heavy atom. The average Bonchev–Trinajstić information content (AvgIpc) is 3.70. The molecular weight excluding hydrogens is 974 g/mol.